The Morgan fingerprint density at radius 2 is 1.69 bits per heavy atom. The number of amides is 1. The third-order valence-electron chi connectivity index (χ3n) is 4.97. The predicted octanol–water partition coefficient (Wildman–Crippen LogP) is 4.24. The molecule has 1 heterocycles. The minimum Gasteiger partial charge on any atom is -0.324 e. The monoisotopic (exact) mass is 383 g/mol. The summed E-state index contributed by atoms with van der Waals surface area (Å²) < 4.78 is 1.51. The summed E-state index contributed by atoms with van der Waals surface area (Å²) in [5.41, 5.74) is 4.43. The normalized spacial score (nSPS) is 11.9. The average molecular weight is 383 g/mol. The lowest BCUT2D eigenvalue weighted by Crippen LogP contribution is -2.34. The first-order valence-electron chi connectivity index (χ1n) is 9.44. The quantitative estimate of drug-likeness (QED) is 0.573. The SMILES string of the molecule is Cc1ccc(C)c(NC(=O)[C@H](c2ccccc2)n2c(=O)cnc3ccccc32)c1. The lowest BCUT2D eigenvalue weighted by atomic mass is 10.0. The molecule has 0 aliphatic rings. The molecule has 0 bridgehead atoms. The van der Waals surface area contributed by atoms with E-state index < -0.39 is 6.04 Å². The van der Waals surface area contributed by atoms with Gasteiger partial charge in [-0.25, -0.2) is 4.98 Å². The van der Waals surface area contributed by atoms with Gasteiger partial charge in [0, 0.05) is 5.69 Å². The van der Waals surface area contributed by atoms with Gasteiger partial charge in [-0.15, -0.1) is 0 Å². The Balaban J connectivity index is 1.88. The van der Waals surface area contributed by atoms with E-state index in [1.54, 1.807) is 0 Å². The maximum Gasteiger partial charge on any atom is 0.270 e. The first-order chi connectivity index (χ1) is 14.0. The molecule has 1 N–H and O–H groups in total. The number of carbonyl (C=O) groups excluding carboxylic acids is 1. The fourth-order valence-electron chi connectivity index (χ4n) is 3.47. The van der Waals surface area contributed by atoms with Gasteiger partial charge in [-0.05, 0) is 48.7 Å². The molecule has 0 aliphatic carbocycles. The van der Waals surface area contributed by atoms with Gasteiger partial charge in [-0.2, -0.15) is 0 Å². The summed E-state index contributed by atoms with van der Waals surface area (Å²) >= 11 is 0. The number of nitrogens with zero attached hydrogens (tertiary/aromatic N) is 2. The molecule has 0 saturated heterocycles. The maximum absolute atomic E-state index is 13.5. The Morgan fingerprint density at radius 3 is 2.48 bits per heavy atom. The van der Waals surface area contributed by atoms with Gasteiger partial charge in [0.1, 0.15) is 6.04 Å². The highest BCUT2D eigenvalue weighted by Crippen LogP contribution is 2.24. The first-order valence-corrected chi connectivity index (χ1v) is 9.44. The number of nitrogens with one attached hydrogen (secondary N) is 1. The molecular formula is C24H21N3O2. The van der Waals surface area contributed by atoms with Crippen molar-refractivity contribution in [3.05, 3.63) is 106 Å². The lowest BCUT2D eigenvalue weighted by molar-refractivity contribution is -0.118. The highest BCUT2D eigenvalue weighted by atomic mass is 16.2. The van der Waals surface area contributed by atoms with Crippen LogP contribution in [0.25, 0.3) is 11.0 Å². The highest BCUT2D eigenvalue weighted by molar-refractivity contribution is 5.97. The second-order valence-corrected chi connectivity index (χ2v) is 7.08. The summed E-state index contributed by atoms with van der Waals surface area (Å²) in [4.78, 5) is 30.5. The van der Waals surface area contributed by atoms with Crippen LogP contribution in [0.4, 0.5) is 5.69 Å². The molecule has 0 saturated carbocycles. The molecule has 0 radical (unpaired) electrons. The van der Waals surface area contributed by atoms with E-state index in [1.165, 1.54) is 10.8 Å². The van der Waals surface area contributed by atoms with Crippen molar-refractivity contribution in [3.63, 3.8) is 0 Å². The van der Waals surface area contributed by atoms with E-state index in [9.17, 15) is 9.59 Å². The highest BCUT2D eigenvalue weighted by Gasteiger charge is 2.26. The molecule has 5 heteroatoms. The molecule has 144 valence electrons. The Morgan fingerprint density at radius 1 is 0.966 bits per heavy atom. The van der Waals surface area contributed by atoms with Crippen molar-refractivity contribution in [1.82, 2.24) is 9.55 Å². The van der Waals surface area contributed by atoms with Crippen LogP contribution in [-0.4, -0.2) is 15.5 Å². The van der Waals surface area contributed by atoms with E-state index >= 15 is 0 Å². The minimum atomic E-state index is -0.823. The van der Waals surface area contributed by atoms with Crippen LogP contribution >= 0.6 is 0 Å². The fraction of sp³-hybridized carbons (Fsp3) is 0.125. The van der Waals surface area contributed by atoms with Crippen molar-refractivity contribution in [2.45, 2.75) is 19.9 Å². The van der Waals surface area contributed by atoms with Gasteiger partial charge < -0.3 is 5.32 Å². The van der Waals surface area contributed by atoms with E-state index in [0.29, 0.717) is 11.0 Å². The van der Waals surface area contributed by atoms with Crippen molar-refractivity contribution in [2.75, 3.05) is 5.32 Å². The molecule has 0 spiro atoms. The van der Waals surface area contributed by atoms with Crippen LogP contribution in [-0.2, 0) is 4.79 Å². The Labute approximate surface area is 168 Å². The summed E-state index contributed by atoms with van der Waals surface area (Å²) in [6.07, 6.45) is 1.27. The largest absolute Gasteiger partial charge is 0.324 e. The van der Waals surface area contributed by atoms with Gasteiger partial charge in [-0.1, -0.05) is 54.6 Å². The molecular weight excluding hydrogens is 362 g/mol. The zero-order valence-electron chi connectivity index (χ0n) is 16.3. The van der Waals surface area contributed by atoms with Gasteiger partial charge in [0.05, 0.1) is 17.2 Å². The lowest BCUT2D eigenvalue weighted by Gasteiger charge is -2.22. The summed E-state index contributed by atoms with van der Waals surface area (Å²) in [5.74, 6) is -0.275. The zero-order chi connectivity index (χ0) is 20.4. The molecule has 0 aliphatic heterocycles. The summed E-state index contributed by atoms with van der Waals surface area (Å²) in [5, 5.41) is 3.02. The smallest absolute Gasteiger partial charge is 0.270 e. The minimum absolute atomic E-state index is 0.275. The van der Waals surface area contributed by atoms with Crippen LogP contribution in [0.5, 0.6) is 0 Å². The number of carbonyl (C=O) groups is 1. The van der Waals surface area contributed by atoms with Crippen molar-refractivity contribution < 1.29 is 4.79 Å². The number of rotatable bonds is 4. The molecule has 1 atom stereocenters. The molecule has 1 amide bonds. The number of fused-ring (bicyclic) bond motifs is 1. The number of aromatic nitrogens is 2. The number of aryl methyl sites for hydroxylation is 2. The fourth-order valence-corrected chi connectivity index (χ4v) is 3.47. The van der Waals surface area contributed by atoms with Crippen LogP contribution in [0.1, 0.15) is 22.7 Å². The van der Waals surface area contributed by atoms with E-state index in [0.717, 1.165) is 22.4 Å². The van der Waals surface area contributed by atoms with Crippen LogP contribution in [0.3, 0.4) is 0 Å². The van der Waals surface area contributed by atoms with Gasteiger partial charge >= 0.3 is 0 Å². The second-order valence-electron chi connectivity index (χ2n) is 7.08. The van der Waals surface area contributed by atoms with Crippen LogP contribution in [0, 0.1) is 13.8 Å². The zero-order valence-corrected chi connectivity index (χ0v) is 16.3. The van der Waals surface area contributed by atoms with Crippen LogP contribution in [0.15, 0.2) is 83.8 Å². The van der Waals surface area contributed by atoms with E-state index in [-0.39, 0.29) is 11.5 Å². The van der Waals surface area contributed by atoms with E-state index in [2.05, 4.69) is 10.3 Å². The number of anilines is 1. The summed E-state index contributed by atoms with van der Waals surface area (Å²) in [7, 11) is 0. The Hall–Kier alpha value is -3.73. The molecule has 5 nitrogen and oxygen atoms in total. The number of hydrogen-bond donors (Lipinski definition) is 1. The van der Waals surface area contributed by atoms with Crippen molar-refractivity contribution in [2.24, 2.45) is 0 Å². The van der Waals surface area contributed by atoms with Crippen molar-refractivity contribution >= 4 is 22.6 Å². The van der Waals surface area contributed by atoms with Crippen molar-refractivity contribution in [1.29, 1.82) is 0 Å². The van der Waals surface area contributed by atoms with Crippen molar-refractivity contribution in [3.8, 4) is 0 Å². The molecule has 1 aromatic heterocycles. The third kappa shape index (κ3) is 3.67. The average Bonchev–Trinajstić information content (AvgIpc) is 2.73. The summed E-state index contributed by atoms with van der Waals surface area (Å²) in [6.45, 7) is 3.92. The van der Waals surface area contributed by atoms with E-state index in [1.807, 2.05) is 86.6 Å². The van der Waals surface area contributed by atoms with Gasteiger partial charge in [0.2, 0.25) is 0 Å². The van der Waals surface area contributed by atoms with E-state index in [4.69, 9.17) is 0 Å². The Kier molecular flexibility index (Phi) is 4.96. The predicted molar refractivity (Wildman–Crippen MR) is 115 cm³/mol. The maximum atomic E-state index is 13.5. The van der Waals surface area contributed by atoms with Crippen LogP contribution in [0.2, 0.25) is 0 Å². The Bertz CT molecular complexity index is 1250. The van der Waals surface area contributed by atoms with Gasteiger partial charge in [0.25, 0.3) is 11.5 Å². The standard InChI is InChI=1S/C24H21N3O2/c1-16-12-13-17(2)20(14-16)26-24(29)23(18-8-4-3-5-9-18)27-21-11-7-6-10-19(21)25-15-22(27)28/h3-15,23H,1-2H3,(H,26,29)/t23-/m0/s1. The van der Waals surface area contributed by atoms with Gasteiger partial charge in [-0.3, -0.25) is 14.2 Å². The molecule has 4 aromatic rings. The first kappa shape index (κ1) is 18.6. The topological polar surface area (TPSA) is 64.0 Å². The second kappa shape index (κ2) is 7.72. The molecule has 4 rings (SSSR count). The van der Waals surface area contributed by atoms with Gasteiger partial charge in [0.15, 0.2) is 0 Å². The third-order valence-corrected chi connectivity index (χ3v) is 4.97. The number of hydrogen-bond acceptors (Lipinski definition) is 3. The molecule has 0 fully saturated rings. The molecule has 3 aromatic carbocycles. The number of para-hydroxylation sites is 2. The number of benzene rings is 3. The molecule has 29 heavy (non-hydrogen) atoms. The van der Waals surface area contributed by atoms with Crippen LogP contribution < -0.4 is 10.9 Å². The molecule has 0 unspecified atom stereocenters. The summed E-state index contributed by atoms with van der Waals surface area (Å²) in [6, 6.07) is 21.7.